The molecule has 0 spiro atoms. The Kier molecular flexibility index (Phi) is 2.49. The maximum Gasteiger partial charge on any atom is 0.269 e. The van der Waals surface area contributed by atoms with E-state index < -0.39 is 0 Å². The zero-order chi connectivity index (χ0) is 13.9. The molecule has 0 heterocycles. The fourth-order valence-corrected chi connectivity index (χ4v) is 5.00. The van der Waals surface area contributed by atoms with Gasteiger partial charge in [-0.2, -0.15) is 0 Å². The van der Waals surface area contributed by atoms with Crippen LogP contribution >= 0.6 is 22.6 Å². The van der Waals surface area contributed by atoms with E-state index in [4.69, 9.17) is 0 Å². The number of fused-ring (bicyclic) bond motifs is 1. The predicted molar refractivity (Wildman–Crippen MR) is 85.4 cm³/mol. The molecule has 2 aromatic rings. The number of benzene rings is 2. The highest BCUT2D eigenvalue weighted by Gasteiger charge is 2.46. The van der Waals surface area contributed by atoms with Crippen molar-refractivity contribution in [3.05, 3.63) is 74.8 Å². The molecule has 0 fully saturated rings. The number of nitrogens with zero attached hydrogens (tertiary/aromatic N) is 1. The van der Waals surface area contributed by atoms with Crippen LogP contribution in [0, 0.1) is 10.1 Å². The summed E-state index contributed by atoms with van der Waals surface area (Å²) in [4.78, 5) is 10.7. The van der Waals surface area contributed by atoms with Gasteiger partial charge in [-0.3, -0.25) is 10.1 Å². The summed E-state index contributed by atoms with van der Waals surface area (Å²) in [6.07, 6.45) is 2.19. The van der Waals surface area contributed by atoms with Crippen molar-refractivity contribution in [1.82, 2.24) is 0 Å². The van der Waals surface area contributed by atoms with Crippen molar-refractivity contribution in [3.8, 4) is 0 Å². The van der Waals surface area contributed by atoms with Crippen LogP contribution in [0.15, 0.2) is 42.5 Å². The molecule has 5 rings (SSSR count). The fraction of sp³-hybridized carbons (Fsp3) is 0.250. The van der Waals surface area contributed by atoms with Crippen molar-refractivity contribution >= 4 is 28.3 Å². The minimum atomic E-state index is -0.297. The van der Waals surface area contributed by atoms with Gasteiger partial charge >= 0.3 is 0 Å². The summed E-state index contributed by atoms with van der Waals surface area (Å²) in [5.74, 6) is 0.317. The molecule has 3 nitrogen and oxygen atoms in total. The molecule has 0 saturated heterocycles. The van der Waals surface area contributed by atoms with Crippen LogP contribution < -0.4 is 0 Å². The van der Waals surface area contributed by atoms with Crippen LogP contribution in [-0.4, -0.2) is 4.92 Å². The molecule has 4 heteroatoms. The number of halogens is 1. The zero-order valence-corrected chi connectivity index (χ0v) is 12.8. The lowest BCUT2D eigenvalue weighted by Crippen LogP contribution is -2.35. The molecule has 3 aliphatic carbocycles. The normalized spacial score (nSPS) is 25.9. The Morgan fingerprint density at radius 3 is 2.70 bits per heavy atom. The van der Waals surface area contributed by atoms with Gasteiger partial charge in [0.2, 0.25) is 0 Å². The number of non-ortho nitro benzene ring substituents is 1. The van der Waals surface area contributed by atoms with E-state index in [1.807, 2.05) is 6.07 Å². The summed E-state index contributed by atoms with van der Waals surface area (Å²) in [6, 6.07) is 13.9. The standard InChI is InChI=1S/C16H12INO2/c17-16-8-7-11(12-3-1-2-4-14(12)16)13-9-10(18(19)20)5-6-15(13)16/h1-6,9,11H,7-8H2. The van der Waals surface area contributed by atoms with Gasteiger partial charge in [0.25, 0.3) is 5.69 Å². The van der Waals surface area contributed by atoms with E-state index in [9.17, 15) is 10.1 Å². The first-order valence-corrected chi connectivity index (χ1v) is 7.76. The third kappa shape index (κ3) is 1.45. The topological polar surface area (TPSA) is 43.1 Å². The van der Waals surface area contributed by atoms with Crippen LogP contribution in [0.1, 0.15) is 41.0 Å². The first-order valence-electron chi connectivity index (χ1n) is 6.68. The number of nitro groups is 1. The van der Waals surface area contributed by atoms with E-state index in [2.05, 4.69) is 46.9 Å². The molecule has 2 unspecified atom stereocenters. The van der Waals surface area contributed by atoms with Gasteiger partial charge in [-0.05, 0) is 35.1 Å². The minimum Gasteiger partial charge on any atom is -0.258 e. The SMILES string of the molecule is O=[N+]([O-])c1ccc2c(c1)C1CCC2(I)c2ccccc21. The minimum absolute atomic E-state index is 0.0203. The van der Waals surface area contributed by atoms with Gasteiger partial charge in [0.1, 0.15) is 0 Å². The average molecular weight is 377 g/mol. The van der Waals surface area contributed by atoms with E-state index in [1.165, 1.54) is 16.7 Å². The van der Waals surface area contributed by atoms with Crippen molar-refractivity contribution in [2.75, 3.05) is 0 Å². The summed E-state index contributed by atoms with van der Waals surface area (Å²) in [6.45, 7) is 0. The molecule has 20 heavy (non-hydrogen) atoms. The molecule has 2 aromatic carbocycles. The summed E-state index contributed by atoms with van der Waals surface area (Å²) in [7, 11) is 0. The highest BCUT2D eigenvalue weighted by atomic mass is 127. The third-order valence-electron chi connectivity index (χ3n) is 4.59. The highest BCUT2D eigenvalue weighted by Crippen LogP contribution is 2.59. The Bertz CT molecular complexity index is 743. The van der Waals surface area contributed by atoms with Gasteiger partial charge in [0, 0.05) is 18.1 Å². The molecule has 0 radical (unpaired) electrons. The fourth-order valence-electron chi connectivity index (χ4n) is 3.71. The van der Waals surface area contributed by atoms with E-state index in [0.29, 0.717) is 5.92 Å². The summed E-state index contributed by atoms with van der Waals surface area (Å²) < 4.78 is -0.0203. The molecule has 2 bridgehead atoms. The van der Waals surface area contributed by atoms with Crippen molar-refractivity contribution < 1.29 is 4.92 Å². The zero-order valence-electron chi connectivity index (χ0n) is 10.7. The third-order valence-corrected chi connectivity index (χ3v) is 6.29. The molecule has 0 N–H and O–H groups in total. The predicted octanol–water partition coefficient (Wildman–Crippen LogP) is 4.51. The highest BCUT2D eigenvalue weighted by molar-refractivity contribution is 14.1. The molecular formula is C16H12INO2. The van der Waals surface area contributed by atoms with Gasteiger partial charge < -0.3 is 0 Å². The first kappa shape index (κ1) is 12.3. The Labute approximate surface area is 130 Å². The summed E-state index contributed by atoms with van der Waals surface area (Å²) in [5.41, 5.74) is 5.35. The molecule has 0 amide bonds. The van der Waals surface area contributed by atoms with Gasteiger partial charge in [-0.15, -0.1) is 0 Å². The summed E-state index contributed by atoms with van der Waals surface area (Å²) >= 11 is 2.53. The van der Waals surface area contributed by atoms with Crippen molar-refractivity contribution in [1.29, 1.82) is 0 Å². The molecule has 100 valence electrons. The number of alkyl halides is 1. The lowest BCUT2D eigenvalue weighted by atomic mass is 9.64. The number of hydrogen-bond acceptors (Lipinski definition) is 2. The molecule has 0 aliphatic heterocycles. The van der Waals surface area contributed by atoms with Crippen LogP contribution in [0.25, 0.3) is 0 Å². The smallest absolute Gasteiger partial charge is 0.258 e. The van der Waals surface area contributed by atoms with E-state index in [-0.39, 0.29) is 14.0 Å². The van der Waals surface area contributed by atoms with E-state index >= 15 is 0 Å². The van der Waals surface area contributed by atoms with Crippen LogP contribution in [0.4, 0.5) is 5.69 Å². The van der Waals surface area contributed by atoms with Gasteiger partial charge in [0.05, 0.1) is 8.35 Å². The second-order valence-electron chi connectivity index (χ2n) is 5.51. The Morgan fingerprint density at radius 2 is 1.90 bits per heavy atom. The van der Waals surface area contributed by atoms with Crippen LogP contribution in [-0.2, 0) is 3.42 Å². The largest absolute Gasteiger partial charge is 0.269 e. The molecule has 2 atom stereocenters. The first-order chi connectivity index (χ1) is 9.61. The van der Waals surface area contributed by atoms with Gasteiger partial charge in [-0.25, -0.2) is 0 Å². The lowest BCUT2D eigenvalue weighted by molar-refractivity contribution is -0.385. The Hall–Kier alpha value is -1.43. The lowest BCUT2D eigenvalue weighted by Gasteiger charge is -2.46. The van der Waals surface area contributed by atoms with Crippen molar-refractivity contribution in [3.63, 3.8) is 0 Å². The van der Waals surface area contributed by atoms with E-state index in [1.54, 1.807) is 12.1 Å². The average Bonchev–Trinajstić information content (AvgIpc) is 2.47. The van der Waals surface area contributed by atoms with Crippen molar-refractivity contribution in [2.45, 2.75) is 22.2 Å². The van der Waals surface area contributed by atoms with Crippen molar-refractivity contribution in [2.24, 2.45) is 0 Å². The number of rotatable bonds is 1. The number of hydrogen-bond donors (Lipinski definition) is 0. The van der Waals surface area contributed by atoms with Crippen LogP contribution in [0.2, 0.25) is 0 Å². The molecule has 0 saturated carbocycles. The second-order valence-corrected chi connectivity index (χ2v) is 7.35. The maximum absolute atomic E-state index is 11.0. The second kappa shape index (κ2) is 4.04. The van der Waals surface area contributed by atoms with E-state index in [0.717, 1.165) is 18.4 Å². The summed E-state index contributed by atoms with van der Waals surface area (Å²) in [5, 5.41) is 11.0. The van der Waals surface area contributed by atoms with Gasteiger partial charge in [-0.1, -0.05) is 52.9 Å². The maximum atomic E-state index is 11.0. The molecule has 0 aromatic heterocycles. The van der Waals surface area contributed by atoms with Crippen LogP contribution in [0.3, 0.4) is 0 Å². The Balaban J connectivity index is 2.01. The van der Waals surface area contributed by atoms with Gasteiger partial charge in [0.15, 0.2) is 0 Å². The molecular weight excluding hydrogens is 365 g/mol. The number of nitro benzene ring substituents is 1. The molecule has 3 aliphatic rings. The quantitative estimate of drug-likeness (QED) is 0.318. The van der Waals surface area contributed by atoms with Crippen LogP contribution in [0.5, 0.6) is 0 Å². The monoisotopic (exact) mass is 377 g/mol. The Morgan fingerprint density at radius 1 is 1.15 bits per heavy atom.